The number of piperidine rings is 2. The molecule has 59 heavy (non-hydrogen) atoms. The Bertz CT molecular complexity index is 2580. The fourth-order valence-corrected chi connectivity index (χ4v) is 9.89. The number of fused-ring (bicyclic) bond motifs is 2. The van der Waals surface area contributed by atoms with Gasteiger partial charge in [0.2, 0.25) is 11.8 Å². The summed E-state index contributed by atoms with van der Waals surface area (Å²) in [5.74, 6) is -0.306. The zero-order valence-corrected chi connectivity index (χ0v) is 34.2. The summed E-state index contributed by atoms with van der Waals surface area (Å²) in [6.45, 7) is 9.95. The van der Waals surface area contributed by atoms with Gasteiger partial charge in [-0.15, -0.1) is 0 Å². The highest BCUT2D eigenvalue weighted by molar-refractivity contribution is 7.22. The number of nitrogens with one attached hydrogen (secondary N) is 2. The Morgan fingerprint density at radius 1 is 1.00 bits per heavy atom. The number of rotatable bonds is 10. The van der Waals surface area contributed by atoms with E-state index >= 15 is 0 Å². The van der Waals surface area contributed by atoms with Gasteiger partial charge in [0.25, 0.3) is 11.5 Å². The van der Waals surface area contributed by atoms with E-state index in [-0.39, 0.29) is 29.8 Å². The van der Waals surface area contributed by atoms with Gasteiger partial charge in [0.15, 0.2) is 5.13 Å². The van der Waals surface area contributed by atoms with E-state index in [9.17, 15) is 28.4 Å². The number of ether oxygens (including phenoxy) is 1. The van der Waals surface area contributed by atoms with Gasteiger partial charge in [0.1, 0.15) is 23.7 Å². The number of anilines is 3. The quantitative estimate of drug-likeness (QED) is 0.193. The summed E-state index contributed by atoms with van der Waals surface area (Å²) in [5.41, 5.74) is 2.92. The van der Waals surface area contributed by atoms with Gasteiger partial charge >= 0.3 is 5.69 Å². The number of imidazole rings is 1. The summed E-state index contributed by atoms with van der Waals surface area (Å²) in [6.07, 6.45) is 3.14. The number of alkyl halides is 1. The first-order chi connectivity index (χ1) is 28.4. The van der Waals surface area contributed by atoms with Gasteiger partial charge in [-0.3, -0.25) is 38.5 Å². The van der Waals surface area contributed by atoms with Gasteiger partial charge in [-0.25, -0.2) is 14.2 Å². The molecule has 17 heteroatoms. The predicted molar refractivity (Wildman–Crippen MR) is 225 cm³/mol. The first kappa shape index (κ1) is 38.9. The molecule has 3 atom stereocenters. The van der Waals surface area contributed by atoms with E-state index < -0.39 is 35.6 Å². The minimum Gasteiger partial charge on any atom is -0.490 e. The van der Waals surface area contributed by atoms with Gasteiger partial charge < -0.3 is 24.4 Å². The molecule has 3 saturated heterocycles. The van der Waals surface area contributed by atoms with Crippen LogP contribution in [0.5, 0.6) is 5.75 Å². The molecule has 15 nitrogen and oxygen atoms in total. The summed E-state index contributed by atoms with van der Waals surface area (Å²) >= 11 is 1.53. The van der Waals surface area contributed by atoms with Crippen molar-refractivity contribution in [3.05, 3.63) is 75.1 Å². The van der Waals surface area contributed by atoms with Crippen LogP contribution >= 0.6 is 11.3 Å². The third kappa shape index (κ3) is 7.50. The van der Waals surface area contributed by atoms with E-state index in [1.54, 1.807) is 40.6 Å². The Morgan fingerprint density at radius 2 is 1.76 bits per heavy atom. The maximum atomic E-state index is 13.7. The summed E-state index contributed by atoms with van der Waals surface area (Å²) in [6, 6.07) is 11.4. The number of benzene rings is 2. The van der Waals surface area contributed by atoms with Crippen molar-refractivity contribution in [2.24, 2.45) is 13.0 Å². The third-order valence-electron chi connectivity index (χ3n) is 12.1. The fourth-order valence-electron chi connectivity index (χ4n) is 8.85. The molecule has 9 rings (SSSR count). The summed E-state index contributed by atoms with van der Waals surface area (Å²) in [5, 5.41) is 6.01. The molecule has 1 aliphatic carbocycles. The maximum absolute atomic E-state index is 13.7. The second kappa shape index (κ2) is 15.6. The lowest BCUT2D eigenvalue weighted by atomic mass is 9.95. The number of aromatic nitrogens is 4. The fraction of sp³-hybridized carbons (Fsp3) is 0.476. The minimum atomic E-state index is -1.05. The molecule has 1 unspecified atom stereocenters. The Morgan fingerprint density at radius 3 is 2.47 bits per heavy atom. The van der Waals surface area contributed by atoms with Crippen molar-refractivity contribution in [3.63, 3.8) is 0 Å². The van der Waals surface area contributed by atoms with Crippen LogP contribution in [0.4, 0.5) is 20.9 Å². The second-order valence-electron chi connectivity index (χ2n) is 16.4. The largest absolute Gasteiger partial charge is 0.490 e. The molecule has 6 heterocycles. The molecule has 0 spiro atoms. The molecule has 3 amide bonds. The molecule has 3 aromatic heterocycles. The van der Waals surface area contributed by atoms with Crippen LogP contribution in [-0.4, -0.2) is 99.4 Å². The van der Waals surface area contributed by atoms with Gasteiger partial charge in [-0.05, 0) is 69.4 Å². The van der Waals surface area contributed by atoms with E-state index in [1.807, 2.05) is 32.0 Å². The number of aryl methyl sites for hydroxylation is 1. The van der Waals surface area contributed by atoms with Gasteiger partial charge in [0, 0.05) is 78.0 Å². The molecular weight excluding hydrogens is 778 g/mol. The number of hydrogen-bond acceptors (Lipinski definition) is 11. The van der Waals surface area contributed by atoms with Gasteiger partial charge in [0.05, 0.1) is 44.6 Å². The van der Waals surface area contributed by atoms with Crippen LogP contribution in [0.25, 0.3) is 21.3 Å². The number of piperazine rings is 1. The zero-order chi connectivity index (χ0) is 41.1. The van der Waals surface area contributed by atoms with Crippen molar-refractivity contribution in [1.82, 2.24) is 28.9 Å². The van der Waals surface area contributed by atoms with E-state index in [2.05, 4.69) is 25.3 Å². The van der Waals surface area contributed by atoms with Crippen LogP contribution in [0.15, 0.2) is 58.3 Å². The SMILES string of the molecule is CC(C)Oc1cc2nc(N3CCN(CC4CCN(c5cccc6c5n(C)c(=O)n6C5CCC(=O)NC5=O)CC4)CC3)sc2cc1C(=O)Nc1cccn([C@H]2C[C@H]2F)c1=O. The third-order valence-corrected chi connectivity index (χ3v) is 13.1. The van der Waals surface area contributed by atoms with Crippen LogP contribution in [0.2, 0.25) is 0 Å². The molecule has 0 radical (unpaired) electrons. The summed E-state index contributed by atoms with van der Waals surface area (Å²) in [4.78, 5) is 76.8. The van der Waals surface area contributed by atoms with Crippen LogP contribution < -0.4 is 36.4 Å². The minimum absolute atomic E-state index is 0.0885. The molecule has 2 N–H and O–H groups in total. The number of hydrogen-bond donors (Lipinski definition) is 2. The molecule has 0 bridgehead atoms. The average Bonchev–Trinajstić information content (AvgIpc) is 3.70. The normalized spacial score (nSPS) is 21.7. The van der Waals surface area contributed by atoms with E-state index in [0.29, 0.717) is 35.6 Å². The molecule has 2 aromatic carbocycles. The number of carbonyl (C=O) groups excluding carboxylic acids is 3. The van der Waals surface area contributed by atoms with Crippen LogP contribution in [0, 0.1) is 5.92 Å². The summed E-state index contributed by atoms with van der Waals surface area (Å²) in [7, 11) is 1.75. The van der Waals surface area contributed by atoms with Crippen molar-refractivity contribution in [3.8, 4) is 5.75 Å². The maximum Gasteiger partial charge on any atom is 0.329 e. The Kier molecular flexibility index (Phi) is 10.3. The van der Waals surface area contributed by atoms with Crippen molar-refractivity contribution in [2.45, 2.75) is 70.3 Å². The highest BCUT2D eigenvalue weighted by atomic mass is 32.1. The molecule has 4 fully saturated rings. The van der Waals surface area contributed by atoms with Gasteiger partial charge in [-0.1, -0.05) is 17.4 Å². The standard InChI is InChI=1S/C42H48FN9O6S/c1-24(2)58-34-22-29-35(20-26(34)38(54)44-28-6-5-13-51(40(28)56)33-21-27(33)43)59-41(45-29)50-18-16-48(17-19-50)23-25-11-14-49(15-12-25)30-7-4-8-31-37(30)47(3)42(57)52(31)32-9-10-36(53)46-39(32)55/h4-8,13,20,22,24-25,27,32-33H,9-12,14-19,21,23H2,1-3H3,(H,44,54)(H,46,53,55)/t27-,32?,33+/m1/s1. The Labute approximate surface area is 343 Å². The zero-order valence-electron chi connectivity index (χ0n) is 33.4. The number of halogens is 1. The Hall–Kier alpha value is -5.55. The summed E-state index contributed by atoms with van der Waals surface area (Å²) < 4.78 is 25.2. The van der Waals surface area contributed by atoms with Crippen LogP contribution in [0.1, 0.15) is 68.4 Å². The Balaban J connectivity index is 0.830. The van der Waals surface area contributed by atoms with Crippen molar-refractivity contribution in [2.75, 3.05) is 60.9 Å². The molecule has 1 saturated carbocycles. The molecular formula is C42H48FN9O6S. The average molecular weight is 826 g/mol. The van der Waals surface area contributed by atoms with Crippen LogP contribution in [-0.2, 0) is 16.6 Å². The lowest BCUT2D eigenvalue weighted by molar-refractivity contribution is -0.135. The van der Waals surface area contributed by atoms with E-state index in [1.165, 1.54) is 22.0 Å². The molecule has 4 aliphatic rings. The molecule has 310 valence electrons. The highest BCUT2D eigenvalue weighted by Crippen LogP contribution is 2.39. The smallest absolute Gasteiger partial charge is 0.329 e. The molecule has 5 aromatic rings. The van der Waals surface area contributed by atoms with Gasteiger partial charge in [-0.2, -0.15) is 0 Å². The van der Waals surface area contributed by atoms with Crippen molar-refractivity contribution in [1.29, 1.82) is 0 Å². The molecule has 3 aliphatic heterocycles. The van der Waals surface area contributed by atoms with Crippen molar-refractivity contribution >= 4 is 66.8 Å². The number of para-hydroxylation sites is 1. The highest BCUT2D eigenvalue weighted by Gasteiger charge is 2.40. The number of carbonyl (C=O) groups is 3. The number of nitrogens with zero attached hydrogens (tertiary/aromatic N) is 7. The van der Waals surface area contributed by atoms with Crippen LogP contribution in [0.3, 0.4) is 0 Å². The number of imide groups is 1. The number of amides is 3. The van der Waals surface area contributed by atoms with E-state index in [4.69, 9.17) is 9.72 Å². The monoisotopic (exact) mass is 825 g/mol. The lowest BCUT2D eigenvalue weighted by Gasteiger charge is -2.39. The lowest BCUT2D eigenvalue weighted by Crippen LogP contribution is -2.49. The number of thiazole rings is 1. The van der Waals surface area contributed by atoms with Crippen molar-refractivity contribution < 1.29 is 23.5 Å². The predicted octanol–water partition coefficient (Wildman–Crippen LogP) is 4.45. The van der Waals surface area contributed by atoms with E-state index in [0.717, 1.165) is 85.2 Å². The number of pyridine rings is 1. The second-order valence-corrected chi connectivity index (χ2v) is 17.4. The first-order valence-electron chi connectivity index (χ1n) is 20.5. The topological polar surface area (TPSA) is 156 Å². The first-order valence-corrected chi connectivity index (χ1v) is 21.3.